The number of hydrogen-bond acceptors (Lipinski definition) is 3. The molecule has 0 aliphatic heterocycles. The van der Waals surface area contributed by atoms with Gasteiger partial charge in [-0.05, 0) is 48.9 Å². The Morgan fingerprint density at radius 1 is 1.32 bits per heavy atom. The Bertz CT molecular complexity index is 596. The number of rotatable bonds is 5. The van der Waals surface area contributed by atoms with Gasteiger partial charge < -0.3 is 10.4 Å². The third kappa shape index (κ3) is 2.67. The molecule has 1 fully saturated rings. The van der Waals surface area contributed by atoms with Gasteiger partial charge in [0.05, 0.1) is 5.52 Å². The SMILES string of the molecule is OCCC1(CNc2ccnc3cc(Cl)ccc23)CC1. The van der Waals surface area contributed by atoms with Gasteiger partial charge in [0.1, 0.15) is 0 Å². The molecule has 100 valence electrons. The van der Waals surface area contributed by atoms with Crippen LogP contribution in [0.5, 0.6) is 0 Å². The molecule has 3 nitrogen and oxygen atoms in total. The van der Waals surface area contributed by atoms with E-state index in [1.165, 1.54) is 12.8 Å². The van der Waals surface area contributed by atoms with Crippen LogP contribution in [0.15, 0.2) is 30.5 Å². The van der Waals surface area contributed by atoms with Crippen molar-refractivity contribution in [2.24, 2.45) is 5.41 Å². The molecule has 0 atom stereocenters. The van der Waals surface area contributed by atoms with Gasteiger partial charge in [-0.2, -0.15) is 0 Å². The lowest BCUT2D eigenvalue weighted by atomic mass is 10.0. The fourth-order valence-corrected chi connectivity index (χ4v) is 2.65. The quantitative estimate of drug-likeness (QED) is 0.879. The van der Waals surface area contributed by atoms with E-state index in [1.54, 1.807) is 6.20 Å². The van der Waals surface area contributed by atoms with Gasteiger partial charge >= 0.3 is 0 Å². The summed E-state index contributed by atoms with van der Waals surface area (Å²) in [4.78, 5) is 4.33. The summed E-state index contributed by atoms with van der Waals surface area (Å²) in [6, 6.07) is 7.75. The zero-order valence-electron chi connectivity index (χ0n) is 10.7. The average molecular weight is 277 g/mol. The van der Waals surface area contributed by atoms with Crippen LogP contribution >= 0.6 is 11.6 Å². The number of nitrogens with zero attached hydrogens (tertiary/aromatic N) is 1. The first kappa shape index (κ1) is 12.7. The highest BCUT2D eigenvalue weighted by Crippen LogP contribution is 2.48. The molecule has 19 heavy (non-hydrogen) atoms. The second-order valence-corrected chi connectivity index (χ2v) is 5.78. The molecule has 1 saturated carbocycles. The van der Waals surface area contributed by atoms with Crippen LogP contribution < -0.4 is 5.32 Å². The summed E-state index contributed by atoms with van der Waals surface area (Å²) in [5.74, 6) is 0. The highest BCUT2D eigenvalue weighted by Gasteiger charge is 2.41. The molecule has 1 aromatic heterocycles. The molecule has 0 bridgehead atoms. The van der Waals surface area contributed by atoms with Gasteiger partial charge in [0.25, 0.3) is 0 Å². The smallest absolute Gasteiger partial charge is 0.0737 e. The molecule has 1 aromatic carbocycles. The van der Waals surface area contributed by atoms with Crippen molar-refractivity contribution in [3.05, 3.63) is 35.5 Å². The first-order valence-electron chi connectivity index (χ1n) is 6.61. The molecule has 2 N–H and O–H groups in total. The van der Waals surface area contributed by atoms with Gasteiger partial charge in [-0.15, -0.1) is 0 Å². The Labute approximate surface area is 117 Å². The van der Waals surface area contributed by atoms with Gasteiger partial charge in [-0.3, -0.25) is 4.98 Å². The zero-order chi connectivity index (χ0) is 13.3. The molecule has 0 unspecified atom stereocenters. The average Bonchev–Trinajstić information content (AvgIpc) is 3.16. The number of halogens is 1. The van der Waals surface area contributed by atoms with Crippen LogP contribution in [0.1, 0.15) is 19.3 Å². The first-order valence-corrected chi connectivity index (χ1v) is 6.99. The highest BCUT2D eigenvalue weighted by atomic mass is 35.5. The van der Waals surface area contributed by atoms with E-state index in [9.17, 15) is 0 Å². The standard InChI is InChI=1S/C15H17ClN2O/c16-11-1-2-12-13(3-7-17-14(12)9-11)18-10-15(4-5-15)6-8-19/h1-3,7,9,19H,4-6,8,10H2,(H,17,18). The number of fused-ring (bicyclic) bond motifs is 1. The minimum absolute atomic E-state index is 0.272. The van der Waals surface area contributed by atoms with Crippen LogP contribution in [0.4, 0.5) is 5.69 Å². The maximum atomic E-state index is 9.09. The lowest BCUT2D eigenvalue weighted by Crippen LogP contribution is -2.16. The fraction of sp³-hybridized carbons (Fsp3) is 0.400. The summed E-state index contributed by atoms with van der Waals surface area (Å²) >= 11 is 5.98. The van der Waals surface area contributed by atoms with Crippen LogP contribution in [0.3, 0.4) is 0 Å². The summed E-state index contributed by atoms with van der Waals surface area (Å²) in [6.07, 6.45) is 5.09. The monoisotopic (exact) mass is 276 g/mol. The lowest BCUT2D eigenvalue weighted by molar-refractivity contribution is 0.253. The van der Waals surface area contributed by atoms with Crippen molar-refractivity contribution in [3.63, 3.8) is 0 Å². The number of pyridine rings is 1. The molecular weight excluding hydrogens is 260 g/mol. The number of anilines is 1. The van der Waals surface area contributed by atoms with Gasteiger partial charge in [0.2, 0.25) is 0 Å². The second kappa shape index (κ2) is 4.99. The molecule has 2 aromatic rings. The Hall–Kier alpha value is -1.32. The number of nitrogens with one attached hydrogen (secondary N) is 1. The third-order valence-corrected chi connectivity index (χ3v) is 4.19. The van der Waals surface area contributed by atoms with E-state index in [-0.39, 0.29) is 6.61 Å². The minimum Gasteiger partial charge on any atom is -0.396 e. The summed E-state index contributed by atoms with van der Waals surface area (Å²) < 4.78 is 0. The van der Waals surface area contributed by atoms with Crippen LogP contribution in [-0.2, 0) is 0 Å². The van der Waals surface area contributed by atoms with E-state index in [0.29, 0.717) is 10.4 Å². The van der Waals surface area contributed by atoms with E-state index in [4.69, 9.17) is 16.7 Å². The zero-order valence-corrected chi connectivity index (χ0v) is 11.5. The van der Waals surface area contributed by atoms with E-state index in [2.05, 4.69) is 10.3 Å². The van der Waals surface area contributed by atoms with Crippen LogP contribution in [0, 0.1) is 5.41 Å². The van der Waals surface area contributed by atoms with Crippen LogP contribution in [0.25, 0.3) is 10.9 Å². The van der Waals surface area contributed by atoms with Gasteiger partial charge in [0.15, 0.2) is 0 Å². The summed E-state index contributed by atoms with van der Waals surface area (Å²) in [7, 11) is 0. The number of aliphatic hydroxyl groups is 1. The second-order valence-electron chi connectivity index (χ2n) is 5.35. The van der Waals surface area contributed by atoms with Gasteiger partial charge in [0, 0.05) is 35.4 Å². The highest BCUT2D eigenvalue weighted by molar-refractivity contribution is 6.31. The van der Waals surface area contributed by atoms with Crippen molar-refractivity contribution in [3.8, 4) is 0 Å². The molecular formula is C15H17ClN2O. The summed E-state index contributed by atoms with van der Waals surface area (Å²) in [5.41, 5.74) is 2.30. The Morgan fingerprint density at radius 2 is 2.16 bits per heavy atom. The maximum absolute atomic E-state index is 9.09. The Morgan fingerprint density at radius 3 is 2.89 bits per heavy atom. The van der Waals surface area contributed by atoms with Crippen molar-refractivity contribution in [2.75, 3.05) is 18.5 Å². The molecule has 1 heterocycles. The Kier molecular flexibility index (Phi) is 3.33. The molecule has 0 saturated heterocycles. The van der Waals surface area contributed by atoms with E-state index in [0.717, 1.165) is 29.6 Å². The lowest BCUT2D eigenvalue weighted by Gasteiger charge is -2.16. The molecule has 1 aliphatic carbocycles. The topological polar surface area (TPSA) is 45.1 Å². The fourth-order valence-electron chi connectivity index (χ4n) is 2.49. The molecule has 3 rings (SSSR count). The van der Waals surface area contributed by atoms with Crippen LogP contribution in [0.2, 0.25) is 5.02 Å². The molecule has 4 heteroatoms. The third-order valence-electron chi connectivity index (χ3n) is 3.96. The molecule has 1 aliphatic rings. The largest absolute Gasteiger partial charge is 0.396 e. The predicted molar refractivity (Wildman–Crippen MR) is 78.6 cm³/mol. The maximum Gasteiger partial charge on any atom is 0.0737 e. The first-order chi connectivity index (χ1) is 9.22. The van der Waals surface area contributed by atoms with Crippen molar-refractivity contribution in [2.45, 2.75) is 19.3 Å². The summed E-state index contributed by atoms with van der Waals surface area (Å²) in [6.45, 7) is 1.18. The Balaban J connectivity index is 1.81. The van der Waals surface area contributed by atoms with Crippen molar-refractivity contribution < 1.29 is 5.11 Å². The van der Waals surface area contributed by atoms with E-state index < -0.39 is 0 Å². The summed E-state index contributed by atoms with van der Waals surface area (Å²) in [5, 5.41) is 14.4. The number of hydrogen-bond donors (Lipinski definition) is 2. The predicted octanol–water partition coefficient (Wildman–Crippen LogP) is 3.46. The van der Waals surface area contributed by atoms with Crippen molar-refractivity contribution in [1.82, 2.24) is 4.98 Å². The normalized spacial score (nSPS) is 16.5. The number of aromatic nitrogens is 1. The van der Waals surface area contributed by atoms with Crippen molar-refractivity contribution >= 4 is 28.2 Å². The molecule has 0 amide bonds. The number of aliphatic hydroxyl groups excluding tert-OH is 1. The van der Waals surface area contributed by atoms with Gasteiger partial charge in [-0.25, -0.2) is 0 Å². The number of benzene rings is 1. The van der Waals surface area contributed by atoms with Gasteiger partial charge in [-0.1, -0.05) is 11.6 Å². The van der Waals surface area contributed by atoms with E-state index >= 15 is 0 Å². The molecule has 0 radical (unpaired) electrons. The van der Waals surface area contributed by atoms with Crippen LogP contribution in [-0.4, -0.2) is 23.2 Å². The van der Waals surface area contributed by atoms with Crippen molar-refractivity contribution in [1.29, 1.82) is 0 Å². The van der Waals surface area contributed by atoms with E-state index in [1.807, 2.05) is 24.3 Å². The molecule has 0 spiro atoms. The minimum atomic E-state index is 0.272.